The molecule has 1 aliphatic rings. The number of nitrogens with two attached hydrogens (primary N) is 1. The van der Waals surface area contributed by atoms with Crippen LogP contribution in [0.15, 0.2) is 0 Å². The van der Waals surface area contributed by atoms with Crippen molar-refractivity contribution in [3.05, 3.63) is 6.42 Å². The second kappa shape index (κ2) is 6.14. The van der Waals surface area contributed by atoms with Gasteiger partial charge in [0.15, 0.2) is 5.78 Å². The molecule has 2 amide bonds. The highest BCUT2D eigenvalue weighted by atomic mass is 16.5. The van der Waals surface area contributed by atoms with E-state index in [-0.39, 0.29) is 36.2 Å². The van der Waals surface area contributed by atoms with Crippen molar-refractivity contribution < 1.29 is 19.1 Å². The third-order valence-electron chi connectivity index (χ3n) is 3.10. The molecular weight excluding hydrogens is 248 g/mol. The summed E-state index contributed by atoms with van der Waals surface area (Å²) in [7, 11) is 0. The predicted octanol–water partition coefficient (Wildman–Crippen LogP) is -0.0450. The van der Waals surface area contributed by atoms with Gasteiger partial charge in [0.2, 0.25) is 11.8 Å². The third kappa shape index (κ3) is 4.98. The van der Waals surface area contributed by atoms with Crippen LogP contribution in [-0.2, 0) is 19.1 Å². The van der Waals surface area contributed by atoms with Gasteiger partial charge in [0.05, 0.1) is 12.5 Å². The smallest absolute Gasteiger partial charge is 0.224 e. The molecule has 0 aliphatic carbocycles. The molecule has 0 bridgehead atoms. The highest BCUT2D eigenvalue weighted by Crippen LogP contribution is 2.25. The molecule has 0 spiro atoms. The Labute approximate surface area is 113 Å². The highest BCUT2D eigenvalue weighted by molar-refractivity contribution is 5.94. The lowest BCUT2D eigenvalue weighted by molar-refractivity contribution is -0.124. The van der Waals surface area contributed by atoms with E-state index >= 15 is 0 Å². The van der Waals surface area contributed by atoms with Crippen LogP contribution in [-0.4, -0.2) is 36.4 Å². The van der Waals surface area contributed by atoms with Crippen LogP contribution in [0, 0.1) is 11.8 Å². The zero-order valence-corrected chi connectivity index (χ0v) is 11.6. The van der Waals surface area contributed by atoms with Crippen LogP contribution in [0.5, 0.6) is 0 Å². The van der Waals surface area contributed by atoms with E-state index in [1.165, 1.54) is 6.42 Å². The van der Waals surface area contributed by atoms with Crippen LogP contribution in [0.4, 0.5) is 0 Å². The molecule has 1 saturated heterocycles. The maximum absolute atomic E-state index is 11.7. The second-order valence-corrected chi connectivity index (χ2v) is 5.68. The molecule has 0 unspecified atom stereocenters. The molecule has 0 aromatic heterocycles. The second-order valence-electron chi connectivity index (χ2n) is 5.68. The highest BCUT2D eigenvalue weighted by Gasteiger charge is 2.34. The third-order valence-corrected chi connectivity index (χ3v) is 3.10. The van der Waals surface area contributed by atoms with Crippen molar-refractivity contribution in [3.63, 3.8) is 0 Å². The quantitative estimate of drug-likeness (QED) is 0.706. The molecule has 19 heavy (non-hydrogen) atoms. The molecule has 0 aromatic rings. The normalized spacial score (nSPS) is 23.4. The van der Waals surface area contributed by atoms with Gasteiger partial charge < -0.3 is 15.8 Å². The summed E-state index contributed by atoms with van der Waals surface area (Å²) >= 11 is 0. The fourth-order valence-corrected chi connectivity index (χ4v) is 1.98. The maximum Gasteiger partial charge on any atom is 0.224 e. The minimum absolute atomic E-state index is 0.0410. The Bertz CT molecular complexity index is 379. The summed E-state index contributed by atoms with van der Waals surface area (Å²) in [5.74, 6) is -0.842. The Morgan fingerprint density at radius 3 is 2.63 bits per heavy atom. The van der Waals surface area contributed by atoms with Gasteiger partial charge in [-0.3, -0.25) is 14.4 Å². The van der Waals surface area contributed by atoms with Crippen molar-refractivity contribution in [2.45, 2.75) is 45.8 Å². The first-order chi connectivity index (χ1) is 8.71. The lowest BCUT2D eigenvalue weighted by Gasteiger charge is -2.22. The Hall–Kier alpha value is -1.43. The molecule has 6 nitrogen and oxygen atoms in total. The lowest BCUT2D eigenvalue weighted by atomic mass is 9.84. The maximum atomic E-state index is 11.7. The van der Waals surface area contributed by atoms with Gasteiger partial charge in [-0.05, 0) is 18.8 Å². The summed E-state index contributed by atoms with van der Waals surface area (Å²) in [6, 6.07) is -0.581. The molecule has 6 heteroatoms. The fraction of sp³-hybridized carbons (Fsp3) is 0.692. The van der Waals surface area contributed by atoms with E-state index in [0.29, 0.717) is 6.42 Å². The summed E-state index contributed by atoms with van der Waals surface area (Å²) in [5, 5.41) is 2.62. The van der Waals surface area contributed by atoms with Gasteiger partial charge in [-0.2, -0.15) is 0 Å². The van der Waals surface area contributed by atoms with Crippen molar-refractivity contribution in [1.82, 2.24) is 5.32 Å². The van der Waals surface area contributed by atoms with Gasteiger partial charge in [0.1, 0.15) is 12.6 Å². The van der Waals surface area contributed by atoms with Gasteiger partial charge in [-0.15, -0.1) is 0 Å². The van der Waals surface area contributed by atoms with Crippen LogP contribution < -0.4 is 11.1 Å². The molecule has 1 heterocycles. The number of amides is 2. The van der Waals surface area contributed by atoms with Crippen LogP contribution in [0.3, 0.4) is 0 Å². The van der Waals surface area contributed by atoms with E-state index in [4.69, 9.17) is 10.5 Å². The van der Waals surface area contributed by atoms with Crippen LogP contribution in [0.25, 0.3) is 0 Å². The van der Waals surface area contributed by atoms with E-state index in [0.717, 1.165) is 0 Å². The lowest BCUT2D eigenvalue weighted by Crippen LogP contribution is -2.44. The topological polar surface area (TPSA) is 98.5 Å². The average Bonchev–Trinajstić information content (AvgIpc) is 2.57. The van der Waals surface area contributed by atoms with E-state index < -0.39 is 11.9 Å². The van der Waals surface area contributed by atoms with Gasteiger partial charge in [0, 0.05) is 6.42 Å². The minimum atomic E-state index is -0.581. The monoisotopic (exact) mass is 269 g/mol. The number of carbonyl (C=O) groups excluding carboxylic acids is 3. The number of nitrogens with one attached hydrogen (secondary N) is 1. The molecule has 1 radical (unpaired) electrons. The van der Waals surface area contributed by atoms with Gasteiger partial charge >= 0.3 is 0 Å². The summed E-state index contributed by atoms with van der Waals surface area (Å²) in [6.07, 6.45) is 1.76. The average molecular weight is 269 g/mol. The zero-order chi connectivity index (χ0) is 14.6. The number of rotatable bonds is 6. The van der Waals surface area contributed by atoms with Crippen LogP contribution >= 0.6 is 0 Å². The molecule has 107 valence electrons. The van der Waals surface area contributed by atoms with Crippen molar-refractivity contribution in [2.24, 2.45) is 11.1 Å². The van der Waals surface area contributed by atoms with Gasteiger partial charge in [0.25, 0.3) is 0 Å². The first-order valence-corrected chi connectivity index (χ1v) is 6.27. The summed E-state index contributed by atoms with van der Waals surface area (Å²) in [6.45, 7) is 5.49. The summed E-state index contributed by atoms with van der Waals surface area (Å²) in [5.41, 5.74) is 4.77. The van der Waals surface area contributed by atoms with Crippen molar-refractivity contribution in [2.75, 3.05) is 6.61 Å². The number of ether oxygens (including phenoxy) is 1. The Morgan fingerprint density at radius 1 is 1.53 bits per heavy atom. The van der Waals surface area contributed by atoms with Crippen LogP contribution in [0.2, 0.25) is 0 Å². The van der Waals surface area contributed by atoms with E-state index in [2.05, 4.69) is 5.32 Å². The van der Waals surface area contributed by atoms with Crippen LogP contribution in [0.1, 0.15) is 33.6 Å². The van der Waals surface area contributed by atoms with Crippen molar-refractivity contribution >= 4 is 17.6 Å². The molecule has 1 aliphatic heterocycles. The molecule has 2 atom stereocenters. The Morgan fingerprint density at radius 2 is 2.16 bits per heavy atom. The largest absolute Gasteiger partial charge is 0.370 e. The SMILES string of the molecule is C[C@@H]1OCC(=O)[C@H]1NC(=O)[CH]CC(C)(C)CC(N)=O. The first-order valence-electron chi connectivity index (χ1n) is 6.27. The van der Waals surface area contributed by atoms with E-state index in [1.807, 2.05) is 13.8 Å². The number of Topliss-reactive ketones (excluding diaryl/α,β-unsaturated/α-hetero) is 1. The number of carbonyl (C=O) groups is 3. The summed E-state index contributed by atoms with van der Waals surface area (Å²) < 4.78 is 5.14. The van der Waals surface area contributed by atoms with Gasteiger partial charge in [-0.25, -0.2) is 0 Å². The molecule has 1 rings (SSSR count). The number of hydrogen-bond donors (Lipinski definition) is 2. The van der Waals surface area contributed by atoms with E-state index in [9.17, 15) is 14.4 Å². The van der Waals surface area contributed by atoms with Crippen molar-refractivity contribution in [1.29, 1.82) is 0 Å². The number of ketones is 1. The minimum Gasteiger partial charge on any atom is -0.370 e. The standard InChI is InChI=1S/C13H21N2O4/c1-8-12(9(16)7-19-8)15-11(18)4-5-13(2,3)6-10(14)17/h4,8,12H,5-7H2,1-3H3,(H2,14,17)(H,15,18)/t8-,12-/m0/s1. The Kier molecular flexibility index (Phi) is 5.05. The number of primary amides is 1. The Balaban J connectivity index is 2.39. The van der Waals surface area contributed by atoms with Gasteiger partial charge in [-0.1, -0.05) is 13.8 Å². The van der Waals surface area contributed by atoms with E-state index in [1.54, 1.807) is 6.92 Å². The molecular formula is C13H21N2O4. The molecule has 0 aromatic carbocycles. The molecule has 3 N–H and O–H groups in total. The number of hydrogen-bond acceptors (Lipinski definition) is 4. The first kappa shape index (κ1) is 15.6. The molecule has 0 saturated carbocycles. The fourth-order valence-electron chi connectivity index (χ4n) is 1.98. The molecule has 1 fully saturated rings. The predicted molar refractivity (Wildman–Crippen MR) is 68.9 cm³/mol. The van der Waals surface area contributed by atoms with Crippen molar-refractivity contribution in [3.8, 4) is 0 Å². The summed E-state index contributed by atoms with van der Waals surface area (Å²) in [4.78, 5) is 34.1. The zero-order valence-electron chi connectivity index (χ0n) is 11.6.